The first-order valence-corrected chi connectivity index (χ1v) is 5.29. The van der Waals surface area contributed by atoms with Crippen LogP contribution in [0.2, 0.25) is 0 Å². The summed E-state index contributed by atoms with van der Waals surface area (Å²) in [5.41, 5.74) is 0.672. The number of carboxylic acid groups (broad SMARTS) is 1. The van der Waals surface area contributed by atoms with Gasteiger partial charge in [-0.05, 0) is 29.0 Å². The molecule has 0 bridgehead atoms. The molecule has 0 spiro atoms. The molecule has 4 heteroatoms. The standard InChI is InChI=1S/C14H9NO3/c15-6-5-13(16)11-3-1-10-8-12(14(17)18)4-2-9(10)7-11/h1-4,7-8H,5H2,(H,17,18). The van der Waals surface area contributed by atoms with Crippen LogP contribution in [0, 0.1) is 11.3 Å². The Labute approximate surface area is 103 Å². The summed E-state index contributed by atoms with van der Waals surface area (Å²) in [6, 6.07) is 11.5. The molecule has 0 saturated carbocycles. The molecule has 0 fully saturated rings. The molecule has 0 aliphatic carbocycles. The number of aromatic carboxylic acids is 1. The Morgan fingerprint density at radius 2 is 1.61 bits per heavy atom. The van der Waals surface area contributed by atoms with Gasteiger partial charge in [-0.15, -0.1) is 0 Å². The summed E-state index contributed by atoms with van der Waals surface area (Å²) in [4.78, 5) is 22.4. The summed E-state index contributed by atoms with van der Waals surface area (Å²) in [6.45, 7) is 0. The Morgan fingerprint density at radius 1 is 1.06 bits per heavy atom. The molecule has 0 atom stereocenters. The van der Waals surface area contributed by atoms with Crippen molar-refractivity contribution in [2.75, 3.05) is 0 Å². The Morgan fingerprint density at radius 3 is 2.17 bits per heavy atom. The Balaban J connectivity index is 2.48. The van der Waals surface area contributed by atoms with E-state index in [0.717, 1.165) is 10.8 Å². The number of Topliss-reactive ketones (excluding diaryl/α,β-unsaturated/α-hetero) is 1. The lowest BCUT2D eigenvalue weighted by Gasteiger charge is -2.02. The van der Waals surface area contributed by atoms with E-state index >= 15 is 0 Å². The highest BCUT2D eigenvalue weighted by atomic mass is 16.4. The number of carbonyl (C=O) groups excluding carboxylic acids is 1. The smallest absolute Gasteiger partial charge is 0.335 e. The van der Waals surface area contributed by atoms with Crippen molar-refractivity contribution < 1.29 is 14.7 Å². The first-order valence-electron chi connectivity index (χ1n) is 5.29. The summed E-state index contributed by atoms with van der Waals surface area (Å²) < 4.78 is 0. The summed E-state index contributed by atoms with van der Waals surface area (Å²) in [5.74, 6) is -1.22. The maximum atomic E-state index is 11.5. The van der Waals surface area contributed by atoms with Crippen molar-refractivity contribution in [2.24, 2.45) is 0 Å². The van der Waals surface area contributed by atoms with Crippen LogP contribution < -0.4 is 0 Å². The number of hydrogen-bond donors (Lipinski definition) is 1. The van der Waals surface area contributed by atoms with E-state index in [-0.39, 0.29) is 17.8 Å². The number of rotatable bonds is 3. The fourth-order valence-corrected chi connectivity index (χ4v) is 1.73. The molecule has 88 valence electrons. The van der Waals surface area contributed by atoms with Gasteiger partial charge in [0, 0.05) is 5.56 Å². The quantitative estimate of drug-likeness (QED) is 0.835. The number of fused-ring (bicyclic) bond motifs is 1. The van der Waals surface area contributed by atoms with Crippen molar-refractivity contribution in [3.8, 4) is 6.07 Å². The summed E-state index contributed by atoms with van der Waals surface area (Å²) in [7, 11) is 0. The van der Waals surface area contributed by atoms with Crippen molar-refractivity contribution in [3.05, 3.63) is 47.5 Å². The molecule has 0 saturated heterocycles. The van der Waals surface area contributed by atoms with E-state index in [2.05, 4.69) is 0 Å². The third kappa shape index (κ3) is 2.20. The summed E-state index contributed by atoms with van der Waals surface area (Å²) in [6.07, 6.45) is -0.154. The van der Waals surface area contributed by atoms with Crippen molar-refractivity contribution in [3.63, 3.8) is 0 Å². The first kappa shape index (κ1) is 11.8. The molecule has 4 nitrogen and oxygen atoms in total. The zero-order chi connectivity index (χ0) is 13.1. The van der Waals surface area contributed by atoms with Crippen LogP contribution in [0.15, 0.2) is 36.4 Å². The van der Waals surface area contributed by atoms with Gasteiger partial charge in [-0.25, -0.2) is 4.79 Å². The number of benzene rings is 2. The second kappa shape index (κ2) is 4.68. The molecule has 0 aromatic heterocycles. The van der Waals surface area contributed by atoms with Gasteiger partial charge in [0.2, 0.25) is 0 Å². The van der Waals surface area contributed by atoms with Gasteiger partial charge in [0.05, 0.1) is 18.1 Å². The average molecular weight is 239 g/mol. The maximum absolute atomic E-state index is 11.5. The second-order valence-electron chi connectivity index (χ2n) is 3.84. The molecule has 2 aromatic carbocycles. The van der Waals surface area contributed by atoms with Crippen molar-refractivity contribution >= 4 is 22.5 Å². The molecule has 0 radical (unpaired) electrons. The molecule has 18 heavy (non-hydrogen) atoms. The molecular weight excluding hydrogens is 230 g/mol. The van der Waals surface area contributed by atoms with E-state index in [1.807, 2.05) is 6.07 Å². The molecule has 1 N–H and O–H groups in total. The Kier molecular flexibility index (Phi) is 3.07. The van der Waals surface area contributed by atoms with Crippen LogP contribution in [-0.4, -0.2) is 16.9 Å². The normalized spacial score (nSPS) is 9.94. The fourth-order valence-electron chi connectivity index (χ4n) is 1.73. The maximum Gasteiger partial charge on any atom is 0.335 e. The van der Waals surface area contributed by atoms with Crippen molar-refractivity contribution in [2.45, 2.75) is 6.42 Å². The van der Waals surface area contributed by atoms with Gasteiger partial charge in [-0.1, -0.05) is 18.2 Å². The Hall–Kier alpha value is -2.67. The van der Waals surface area contributed by atoms with E-state index in [0.29, 0.717) is 5.56 Å². The summed E-state index contributed by atoms with van der Waals surface area (Å²) in [5, 5.41) is 18.9. The number of ketones is 1. The number of nitrogens with zero attached hydrogens (tertiary/aromatic N) is 1. The fraction of sp³-hybridized carbons (Fsp3) is 0.0714. The van der Waals surface area contributed by atoms with E-state index in [4.69, 9.17) is 10.4 Å². The van der Waals surface area contributed by atoms with Crippen LogP contribution >= 0.6 is 0 Å². The molecule has 2 aromatic rings. The predicted molar refractivity (Wildman–Crippen MR) is 65.5 cm³/mol. The Bertz CT molecular complexity index is 683. The predicted octanol–water partition coefficient (Wildman–Crippen LogP) is 2.63. The minimum atomic E-state index is -0.985. The average Bonchev–Trinajstić information content (AvgIpc) is 2.37. The van der Waals surface area contributed by atoms with Gasteiger partial charge >= 0.3 is 5.97 Å². The number of nitriles is 1. The second-order valence-corrected chi connectivity index (χ2v) is 3.84. The molecular formula is C14H9NO3. The van der Waals surface area contributed by atoms with Crippen LogP contribution in [-0.2, 0) is 0 Å². The van der Waals surface area contributed by atoms with Gasteiger partial charge in [0.25, 0.3) is 0 Å². The zero-order valence-electron chi connectivity index (χ0n) is 9.38. The molecule has 2 rings (SSSR count). The van der Waals surface area contributed by atoms with Crippen LogP contribution in [0.4, 0.5) is 0 Å². The van der Waals surface area contributed by atoms with Gasteiger partial charge in [-0.3, -0.25) is 4.79 Å². The van der Waals surface area contributed by atoms with Crippen LogP contribution in [0.1, 0.15) is 27.1 Å². The third-order valence-corrected chi connectivity index (χ3v) is 2.65. The van der Waals surface area contributed by atoms with Gasteiger partial charge in [0.1, 0.15) is 0 Å². The van der Waals surface area contributed by atoms with Crippen LogP contribution in [0.5, 0.6) is 0 Å². The van der Waals surface area contributed by atoms with Gasteiger partial charge in [0.15, 0.2) is 5.78 Å². The highest BCUT2D eigenvalue weighted by Crippen LogP contribution is 2.19. The SMILES string of the molecule is N#CCC(=O)c1ccc2cc(C(=O)O)ccc2c1. The topological polar surface area (TPSA) is 78.2 Å². The summed E-state index contributed by atoms with van der Waals surface area (Å²) >= 11 is 0. The minimum absolute atomic E-state index is 0.154. The number of carboxylic acids is 1. The lowest BCUT2D eigenvalue weighted by Crippen LogP contribution is -1.98. The molecule has 0 unspecified atom stereocenters. The molecule has 0 aliphatic rings. The van der Waals surface area contributed by atoms with E-state index in [9.17, 15) is 9.59 Å². The molecule has 0 amide bonds. The van der Waals surface area contributed by atoms with Crippen LogP contribution in [0.25, 0.3) is 10.8 Å². The number of hydrogen-bond acceptors (Lipinski definition) is 3. The zero-order valence-corrected chi connectivity index (χ0v) is 9.38. The van der Waals surface area contributed by atoms with E-state index < -0.39 is 5.97 Å². The van der Waals surface area contributed by atoms with E-state index in [1.165, 1.54) is 6.07 Å². The largest absolute Gasteiger partial charge is 0.478 e. The highest BCUT2D eigenvalue weighted by molar-refractivity contribution is 6.02. The van der Waals surface area contributed by atoms with E-state index in [1.54, 1.807) is 30.3 Å². The minimum Gasteiger partial charge on any atom is -0.478 e. The van der Waals surface area contributed by atoms with Crippen LogP contribution in [0.3, 0.4) is 0 Å². The lowest BCUT2D eigenvalue weighted by atomic mass is 10.0. The van der Waals surface area contributed by atoms with Gasteiger partial charge in [-0.2, -0.15) is 5.26 Å². The third-order valence-electron chi connectivity index (χ3n) is 2.65. The molecule has 0 aliphatic heterocycles. The lowest BCUT2D eigenvalue weighted by molar-refractivity contribution is 0.0697. The van der Waals surface area contributed by atoms with Crippen molar-refractivity contribution in [1.29, 1.82) is 5.26 Å². The molecule has 0 heterocycles. The van der Waals surface area contributed by atoms with Crippen molar-refractivity contribution in [1.82, 2.24) is 0 Å². The van der Waals surface area contributed by atoms with Gasteiger partial charge < -0.3 is 5.11 Å². The first-order chi connectivity index (χ1) is 8.61. The monoisotopic (exact) mass is 239 g/mol. The highest BCUT2D eigenvalue weighted by Gasteiger charge is 2.07. The number of carbonyl (C=O) groups is 2.